The van der Waals surface area contributed by atoms with Gasteiger partial charge in [0.2, 0.25) is 5.69 Å². The Morgan fingerprint density at radius 2 is 1.87 bits per heavy atom. The topological polar surface area (TPSA) is 16.8 Å². The third-order valence-corrected chi connectivity index (χ3v) is 7.81. The standard InChI is InChI=1S/C29H29N2/c1-19-5-7-21(25-4-3-12-30-18-25)17-27(19)29-26-10-9-23(16-24(26)11-13-31(29)2)28-15-20-6-8-22(28)14-20/h3-5,7,9-13,16-18,20,22,28H,6,8,14-15H2,1-2H3/q+1. The molecule has 0 spiro atoms. The van der Waals surface area contributed by atoms with Crippen LogP contribution in [0.3, 0.4) is 0 Å². The van der Waals surface area contributed by atoms with Gasteiger partial charge in [-0.2, -0.15) is 0 Å². The van der Waals surface area contributed by atoms with Crippen LogP contribution >= 0.6 is 0 Å². The fraction of sp³-hybridized carbons (Fsp3) is 0.310. The van der Waals surface area contributed by atoms with Gasteiger partial charge in [0.05, 0.1) is 10.9 Å². The molecule has 0 radical (unpaired) electrons. The Morgan fingerprint density at radius 1 is 0.935 bits per heavy atom. The number of fused-ring (bicyclic) bond motifs is 3. The van der Waals surface area contributed by atoms with Crippen molar-refractivity contribution in [3.05, 3.63) is 84.3 Å². The van der Waals surface area contributed by atoms with Crippen molar-refractivity contribution in [2.45, 2.75) is 38.5 Å². The summed E-state index contributed by atoms with van der Waals surface area (Å²) < 4.78 is 2.27. The minimum Gasteiger partial charge on any atom is -0.264 e. The van der Waals surface area contributed by atoms with E-state index in [9.17, 15) is 0 Å². The molecule has 2 bridgehead atoms. The van der Waals surface area contributed by atoms with Crippen LogP contribution in [0.25, 0.3) is 33.2 Å². The lowest BCUT2D eigenvalue weighted by Crippen LogP contribution is -2.30. The SMILES string of the molecule is Cc1ccc(-c2cccnc2)cc1-c1c2ccc(C3CC4CCC3C4)cc2cc[n+]1C. The average molecular weight is 406 g/mol. The van der Waals surface area contributed by atoms with Crippen molar-refractivity contribution in [2.24, 2.45) is 18.9 Å². The molecule has 154 valence electrons. The molecule has 0 saturated heterocycles. The average Bonchev–Trinajstić information content (AvgIpc) is 3.44. The molecular weight excluding hydrogens is 376 g/mol. The van der Waals surface area contributed by atoms with Crippen molar-refractivity contribution in [2.75, 3.05) is 0 Å². The van der Waals surface area contributed by atoms with Crippen LogP contribution in [0.4, 0.5) is 0 Å². The minimum atomic E-state index is 0.774. The van der Waals surface area contributed by atoms with Crippen LogP contribution in [-0.4, -0.2) is 4.98 Å². The molecule has 3 unspecified atom stereocenters. The number of hydrogen-bond acceptors (Lipinski definition) is 1. The highest BCUT2D eigenvalue weighted by Gasteiger charge is 2.40. The number of aromatic nitrogens is 2. The summed E-state index contributed by atoms with van der Waals surface area (Å²) in [7, 11) is 2.16. The summed E-state index contributed by atoms with van der Waals surface area (Å²) in [5, 5.41) is 2.70. The first-order chi connectivity index (χ1) is 15.2. The first kappa shape index (κ1) is 18.7. The van der Waals surface area contributed by atoms with Crippen molar-refractivity contribution < 1.29 is 4.57 Å². The van der Waals surface area contributed by atoms with E-state index in [4.69, 9.17) is 0 Å². The highest BCUT2D eigenvalue weighted by Crippen LogP contribution is 2.53. The number of nitrogens with zero attached hydrogens (tertiary/aromatic N) is 2. The maximum absolute atomic E-state index is 4.31. The van der Waals surface area contributed by atoms with Gasteiger partial charge in [0.1, 0.15) is 7.05 Å². The van der Waals surface area contributed by atoms with Gasteiger partial charge in [-0.3, -0.25) is 4.98 Å². The second-order valence-electron chi connectivity index (χ2n) is 9.67. The molecule has 2 fully saturated rings. The van der Waals surface area contributed by atoms with Crippen molar-refractivity contribution in [1.82, 2.24) is 4.98 Å². The summed E-state index contributed by atoms with van der Waals surface area (Å²) in [5.41, 5.74) is 7.81. The Bertz CT molecular complexity index is 1270. The molecule has 2 heterocycles. The predicted octanol–water partition coefficient (Wildman–Crippen LogP) is 6.61. The molecule has 2 aliphatic carbocycles. The van der Waals surface area contributed by atoms with Crippen molar-refractivity contribution in [1.29, 1.82) is 0 Å². The van der Waals surface area contributed by atoms with Crippen LogP contribution in [0.15, 0.2) is 73.2 Å². The molecule has 2 aromatic carbocycles. The fourth-order valence-corrected chi connectivity index (χ4v) is 6.20. The van der Waals surface area contributed by atoms with Gasteiger partial charge >= 0.3 is 0 Å². The van der Waals surface area contributed by atoms with Gasteiger partial charge in [-0.1, -0.05) is 36.8 Å². The van der Waals surface area contributed by atoms with Crippen molar-refractivity contribution in [3.8, 4) is 22.4 Å². The van der Waals surface area contributed by atoms with Gasteiger partial charge in [0.25, 0.3) is 0 Å². The van der Waals surface area contributed by atoms with E-state index in [1.165, 1.54) is 58.8 Å². The van der Waals surface area contributed by atoms with Gasteiger partial charge < -0.3 is 0 Å². The monoisotopic (exact) mass is 405 g/mol. The Hall–Kier alpha value is -3.00. The van der Waals surface area contributed by atoms with Gasteiger partial charge in [-0.05, 0) is 84.2 Å². The van der Waals surface area contributed by atoms with Gasteiger partial charge in [0, 0.05) is 24.0 Å². The van der Waals surface area contributed by atoms with Crippen LogP contribution in [0.5, 0.6) is 0 Å². The lowest BCUT2D eigenvalue weighted by molar-refractivity contribution is -0.659. The first-order valence-corrected chi connectivity index (χ1v) is 11.6. The summed E-state index contributed by atoms with van der Waals surface area (Å²) >= 11 is 0. The molecule has 0 amide bonds. The zero-order chi connectivity index (χ0) is 20.9. The molecule has 0 N–H and O–H groups in total. The molecule has 2 saturated carbocycles. The lowest BCUT2D eigenvalue weighted by Gasteiger charge is -2.22. The molecule has 6 rings (SSSR count). The summed E-state index contributed by atoms with van der Waals surface area (Å²) in [4.78, 5) is 4.31. The van der Waals surface area contributed by atoms with Crippen LogP contribution < -0.4 is 4.57 Å². The molecule has 2 aromatic heterocycles. The Balaban J connectivity index is 1.48. The van der Waals surface area contributed by atoms with Crippen LogP contribution in [-0.2, 0) is 7.05 Å². The quantitative estimate of drug-likeness (QED) is 0.351. The van der Waals surface area contributed by atoms with E-state index in [1.807, 2.05) is 18.5 Å². The van der Waals surface area contributed by atoms with Crippen LogP contribution in [0.2, 0.25) is 0 Å². The molecule has 31 heavy (non-hydrogen) atoms. The van der Waals surface area contributed by atoms with Crippen LogP contribution in [0.1, 0.15) is 42.7 Å². The Kier molecular flexibility index (Phi) is 4.41. The second kappa shape index (κ2) is 7.30. The summed E-state index contributed by atoms with van der Waals surface area (Å²) in [6.45, 7) is 2.21. The molecule has 2 heteroatoms. The minimum absolute atomic E-state index is 0.774. The predicted molar refractivity (Wildman–Crippen MR) is 127 cm³/mol. The smallest absolute Gasteiger partial charge is 0.220 e. The molecule has 3 atom stereocenters. The van der Waals surface area contributed by atoms with Crippen molar-refractivity contribution >= 4 is 10.8 Å². The molecule has 4 aromatic rings. The molecule has 2 aliphatic rings. The zero-order valence-corrected chi connectivity index (χ0v) is 18.4. The fourth-order valence-electron chi connectivity index (χ4n) is 6.20. The number of benzene rings is 2. The summed E-state index contributed by atoms with van der Waals surface area (Å²) in [6, 6.07) is 20.5. The van der Waals surface area contributed by atoms with Gasteiger partial charge in [-0.25, -0.2) is 4.57 Å². The number of aryl methyl sites for hydroxylation is 2. The molecule has 2 nitrogen and oxygen atoms in total. The third kappa shape index (κ3) is 3.17. The van der Waals surface area contributed by atoms with E-state index in [-0.39, 0.29) is 0 Å². The first-order valence-electron chi connectivity index (χ1n) is 11.6. The largest absolute Gasteiger partial charge is 0.264 e. The maximum Gasteiger partial charge on any atom is 0.220 e. The Labute approximate surface area is 184 Å². The Morgan fingerprint density at radius 3 is 2.65 bits per heavy atom. The van der Waals surface area contributed by atoms with Crippen LogP contribution in [0, 0.1) is 18.8 Å². The molecular formula is C29H29N2+. The normalized spacial score (nSPS) is 22.3. The van der Waals surface area contributed by atoms with Crippen molar-refractivity contribution in [3.63, 3.8) is 0 Å². The van der Waals surface area contributed by atoms with E-state index in [2.05, 4.69) is 78.3 Å². The van der Waals surface area contributed by atoms with Gasteiger partial charge in [0.15, 0.2) is 6.20 Å². The number of pyridine rings is 2. The molecule has 0 aliphatic heterocycles. The van der Waals surface area contributed by atoms with Gasteiger partial charge in [-0.15, -0.1) is 0 Å². The summed E-state index contributed by atoms with van der Waals surface area (Å²) in [6.07, 6.45) is 11.7. The third-order valence-electron chi connectivity index (χ3n) is 7.81. The summed E-state index contributed by atoms with van der Waals surface area (Å²) in [5.74, 6) is 2.67. The maximum atomic E-state index is 4.31. The highest BCUT2D eigenvalue weighted by molar-refractivity contribution is 5.94. The highest BCUT2D eigenvalue weighted by atomic mass is 14.9. The van der Waals surface area contributed by atoms with E-state index in [0.717, 1.165) is 23.3 Å². The van der Waals surface area contributed by atoms with E-state index >= 15 is 0 Å². The number of rotatable bonds is 3. The number of hydrogen-bond donors (Lipinski definition) is 0. The van der Waals surface area contributed by atoms with E-state index < -0.39 is 0 Å². The second-order valence-corrected chi connectivity index (χ2v) is 9.67. The van der Waals surface area contributed by atoms with E-state index in [1.54, 1.807) is 5.56 Å². The zero-order valence-electron chi connectivity index (χ0n) is 18.4. The lowest BCUT2D eigenvalue weighted by atomic mass is 9.82. The van der Waals surface area contributed by atoms with E-state index in [0.29, 0.717) is 0 Å².